The van der Waals surface area contributed by atoms with Crippen molar-refractivity contribution in [2.45, 2.75) is 18.3 Å². The fraction of sp³-hybridized carbons (Fsp3) is 0.231. The summed E-state index contributed by atoms with van der Waals surface area (Å²) in [7, 11) is 0. The average Bonchev–Trinajstić information content (AvgIpc) is 2.86. The first-order valence-corrected chi connectivity index (χ1v) is 4.99. The molecule has 0 radical (unpaired) electrons. The summed E-state index contributed by atoms with van der Waals surface area (Å²) in [5.74, 6) is 0.663. The van der Waals surface area contributed by atoms with Gasteiger partial charge in [-0.3, -0.25) is 0 Å². The first kappa shape index (κ1) is 8.26. The molecule has 0 heterocycles. The highest BCUT2D eigenvalue weighted by atomic mass is 14.4. The lowest BCUT2D eigenvalue weighted by Gasteiger charge is -2.12. The van der Waals surface area contributed by atoms with Gasteiger partial charge in [0.15, 0.2) is 0 Å². The molecule has 2 heteroatoms. The lowest BCUT2D eigenvalue weighted by Crippen LogP contribution is -1.98. The molecule has 0 unspecified atom stereocenters. The summed E-state index contributed by atoms with van der Waals surface area (Å²) >= 11 is 0. The van der Waals surface area contributed by atoms with Crippen molar-refractivity contribution in [3.8, 4) is 12.1 Å². The molecule has 1 aromatic rings. The molecule has 3 rings (SSSR count). The van der Waals surface area contributed by atoms with Crippen LogP contribution in [0.2, 0.25) is 0 Å². The average molecular weight is 192 g/mol. The van der Waals surface area contributed by atoms with Crippen LogP contribution in [0.25, 0.3) is 0 Å². The third-order valence-corrected chi connectivity index (χ3v) is 3.37. The van der Waals surface area contributed by atoms with Crippen LogP contribution in [0.1, 0.15) is 34.9 Å². The number of benzene rings is 1. The summed E-state index contributed by atoms with van der Waals surface area (Å²) < 4.78 is 0. The van der Waals surface area contributed by atoms with Gasteiger partial charge in [0, 0.05) is 17.4 Å². The summed E-state index contributed by atoms with van der Waals surface area (Å²) in [4.78, 5) is 0. The molecule has 2 atom stereocenters. The molecular weight excluding hydrogens is 184 g/mol. The van der Waals surface area contributed by atoms with Gasteiger partial charge < -0.3 is 0 Å². The Bertz CT molecular complexity index is 555. The number of nitriles is 2. The maximum Gasteiger partial charge on any atom is 0.0991 e. The maximum atomic E-state index is 8.94. The van der Waals surface area contributed by atoms with Crippen molar-refractivity contribution in [1.82, 2.24) is 0 Å². The van der Waals surface area contributed by atoms with E-state index in [-0.39, 0.29) is 0 Å². The Balaban J connectivity index is 2.16. The highest BCUT2D eigenvalue weighted by molar-refractivity contribution is 5.56. The lowest BCUT2D eigenvalue weighted by molar-refractivity contribution is 0.794. The van der Waals surface area contributed by atoms with E-state index in [1.54, 1.807) is 0 Å². The van der Waals surface area contributed by atoms with Crippen LogP contribution in [0, 0.1) is 22.7 Å². The Morgan fingerprint density at radius 2 is 2.00 bits per heavy atom. The second-order valence-corrected chi connectivity index (χ2v) is 4.08. The zero-order valence-electron chi connectivity index (χ0n) is 8.07. The van der Waals surface area contributed by atoms with Crippen LogP contribution in [-0.2, 0) is 0 Å². The molecule has 15 heavy (non-hydrogen) atoms. The van der Waals surface area contributed by atoms with Crippen LogP contribution in [0.15, 0.2) is 29.8 Å². The van der Waals surface area contributed by atoms with Gasteiger partial charge in [-0.25, -0.2) is 0 Å². The molecule has 0 spiro atoms. The summed E-state index contributed by atoms with van der Waals surface area (Å²) in [6, 6.07) is 10.2. The first-order valence-electron chi connectivity index (χ1n) is 4.99. The van der Waals surface area contributed by atoms with Gasteiger partial charge >= 0.3 is 0 Å². The van der Waals surface area contributed by atoms with E-state index in [4.69, 9.17) is 10.5 Å². The van der Waals surface area contributed by atoms with Crippen LogP contribution in [0.3, 0.4) is 0 Å². The number of nitrogens with zero attached hydrogens (tertiary/aromatic N) is 2. The zero-order valence-corrected chi connectivity index (χ0v) is 8.07. The molecule has 0 aliphatic heterocycles. The fourth-order valence-electron chi connectivity index (χ4n) is 2.69. The van der Waals surface area contributed by atoms with E-state index < -0.39 is 0 Å². The maximum absolute atomic E-state index is 8.94. The van der Waals surface area contributed by atoms with Crippen LogP contribution in [0.4, 0.5) is 0 Å². The van der Waals surface area contributed by atoms with Crippen LogP contribution in [0.5, 0.6) is 0 Å². The van der Waals surface area contributed by atoms with E-state index in [0.29, 0.717) is 17.4 Å². The monoisotopic (exact) mass is 192 g/mol. The van der Waals surface area contributed by atoms with Crippen molar-refractivity contribution >= 4 is 0 Å². The summed E-state index contributed by atoms with van der Waals surface area (Å²) in [6.45, 7) is 0. The Morgan fingerprint density at radius 3 is 2.73 bits per heavy atom. The van der Waals surface area contributed by atoms with Crippen molar-refractivity contribution in [2.24, 2.45) is 0 Å². The smallest absolute Gasteiger partial charge is 0.0991 e. The third-order valence-electron chi connectivity index (χ3n) is 3.37. The second kappa shape index (κ2) is 2.72. The third kappa shape index (κ3) is 0.966. The topological polar surface area (TPSA) is 47.6 Å². The predicted octanol–water partition coefficient (Wildman–Crippen LogP) is 2.59. The van der Waals surface area contributed by atoms with E-state index in [1.165, 1.54) is 11.1 Å². The van der Waals surface area contributed by atoms with Gasteiger partial charge in [-0.15, -0.1) is 0 Å². The largest absolute Gasteiger partial charge is 0.193 e. The molecule has 0 N–H and O–H groups in total. The molecule has 2 aliphatic carbocycles. The molecule has 1 aromatic carbocycles. The number of hydrogen-bond donors (Lipinski definition) is 0. The standard InChI is InChI=1S/C13H8N2/c14-6-8-1-2-11-12(3-8)9-4-10(7-15)13(11)5-9/h1-4,9,13H,5H2/t9-,13-/m0/s1. The van der Waals surface area contributed by atoms with E-state index >= 15 is 0 Å². The SMILES string of the molecule is N#CC1=C[C@H]2C[C@@H]1c1ccc(C#N)cc12. The van der Waals surface area contributed by atoms with Crippen LogP contribution >= 0.6 is 0 Å². The summed E-state index contributed by atoms with van der Waals surface area (Å²) in [5, 5.41) is 17.8. The summed E-state index contributed by atoms with van der Waals surface area (Å²) in [6.07, 6.45) is 3.07. The minimum absolute atomic E-state index is 0.294. The predicted molar refractivity (Wildman–Crippen MR) is 55.0 cm³/mol. The van der Waals surface area contributed by atoms with Crippen LogP contribution < -0.4 is 0 Å². The Labute approximate surface area is 88.1 Å². The quantitative estimate of drug-likeness (QED) is 0.634. The van der Waals surface area contributed by atoms with Crippen molar-refractivity contribution in [1.29, 1.82) is 10.5 Å². The molecule has 2 nitrogen and oxygen atoms in total. The molecule has 0 saturated carbocycles. The molecule has 2 bridgehead atoms. The fourth-order valence-corrected chi connectivity index (χ4v) is 2.69. The molecular formula is C13H8N2. The van der Waals surface area contributed by atoms with Gasteiger partial charge in [-0.2, -0.15) is 10.5 Å². The highest BCUT2D eigenvalue weighted by Gasteiger charge is 2.37. The van der Waals surface area contributed by atoms with Crippen molar-refractivity contribution in [3.63, 3.8) is 0 Å². The Hall–Kier alpha value is -2.06. The lowest BCUT2D eigenvalue weighted by atomic mass is 9.91. The number of rotatable bonds is 0. The van der Waals surface area contributed by atoms with Crippen LogP contribution in [-0.4, -0.2) is 0 Å². The molecule has 70 valence electrons. The van der Waals surface area contributed by atoms with Crippen molar-refractivity contribution in [2.75, 3.05) is 0 Å². The van der Waals surface area contributed by atoms with Gasteiger partial charge in [0.25, 0.3) is 0 Å². The van der Waals surface area contributed by atoms with E-state index in [9.17, 15) is 0 Å². The Kier molecular flexibility index (Phi) is 1.50. The minimum atomic E-state index is 0.294. The van der Waals surface area contributed by atoms with E-state index in [1.807, 2.05) is 24.3 Å². The summed E-state index contributed by atoms with van der Waals surface area (Å²) in [5.41, 5.74) is 4.11. The zero-order chi connectivity index (χ0) is 10.4. The minimum Gasteiger partial charge on any atom is -0.193 e. The Morgan fingerprint density at radius 1 is 1.13 bits per heavy atom. The van der Waals surface area contributed by atoms with Crippen molar-refractivity contribution < 1.29 is 0 Å². The second-order valence-electron chi connectivity index (χ2n) is 4.08. The van der Waals surface area contributed by atoms with E-state index in [2.05, 4.69) is 12.1 Å². The number of allylic oxidation sites excluding steroid dienone is 2. The number of fused-ring (bicyclic) bond motifs is 5. The van der Waals surface area contributed by atoms with Gasteiger partial charge in [0.2, 0.25) is 0 Å². The van der Waals surface area contributed by atoms with E-state index in [0.717, 1.165) is 12.0 Å². The molecule has 0 saturated heterocycles. The number of hydrogen-bond acceptors (Lipinski definition) is 2. The van der Waals surface area contributed by atoms with Gasteiger partial charge in [0.05, 0.1) is 17.7 Å². The molecule has 0 fully saturated rings. The normalized spacial score (nSPS) is 25.3. The van der Waals surface area contributed by atoms with Gasteiger partial charge in [-0.05, 0) is 29.7 Å². The molecule has 0 amide bonds. The molecule has 2 aliphatic rings. The molecule has 0 aromatic heterocycles. The van der Waals surface area contributed by atoms with Gasteiger partial charge in [-0.1, -0.05) is 12.1 Å². The first-order chi connectivity index (χ1) is 7.33. The highest BCUT2D eigenvalue weighted by Crippen LogP contribution is 2.52. The van der Waals surface area contributed by atoms with Gasteiger partial charge in [0.1, 0.15) is 0 Å². The van der Waals surface area contributed by atoms with Crippen molar-refractivity contribution in [3.05, 3.63) is 46.5 Å².